The lowest BCUT2D eigenvalue weighted by molar-refractivity contribution is -0.126. The third-order valence-electron chi connectivity index (χ3n) is 5.62. The third-order valence-corrected chi connectivity index (χ3v) is 5.62. The molecule has 2 aliphatic rings. The first-order chi connectivity index (χ1) is 12.9. The van der Waals surface area contributed by atoms with E-state index >= 15 is 0 Å². The van der Waals surface area contributed by atoms with Crippen LogP contribution in [0.5, 0.6) is 11.5 Å². The summed E-state index contributed by atoms with van der Waals surface area (Å²) in [5, 5.41) is 3.26. The normalized spacial score (nSPS) is 17.9. The molecule has 2 aromatic carbocycles. The number of amides is 1. The highest BCUT2D eigenvalue weighted by Crippen LogP contribution is 2.36. The molecule has 3 N–H and O–H groups in total. The van der Waals surface area contributed by atoms with Crippen molar-refractivity contribution in [3.63, 3.8) is 0 Å². The standard InChI is InChI=1S/C22H26N2O3.ClH/c1-22(2,15-6-9-19-20(13-15)27-11-10-26-19)21(25)24-18-5-3-4-14-12-16(23)7-8-17(14)18;/h6-9,12-13,18H,3-5,10-11,23H2,1-2H3,(H,24,25);1H. The maximum absolute atomic E-state index is 13.2. The van der Waals surface area contributed by atoms with E-state index in [0.717, 1.165) is 36.3 Å². The highest BCUT2D eigenvalue weighted by atomic mass is 35.5. The van der Waals surface area contributed by atoms with Gasteiger partial charge in [0.15, 0.2) is 11.5 Å². The minimum absolute atomic E-state index is 0. The molecular formula is C22H27ClN2O3. The van der Waals surface area contributed by atoms with Crippen molar-refractivity contribution in [2.24, 2.45) is 0 Å². The Morgan fingerprint density at radius 2 is 1.86 bits per heavy atom. The molecule has 1 amide bonds. The summed E-state index contributed by atoms with van der Waals surface area (Å²) in [5.74, 6) is 1.45. The quantitative estimate of drug-likeness (QED) is 0.763. The molecule has 0 saturated heterocycles. The Hall–Kier alpha value is -2.40. The minimum atomic E-state index is -0.679. The van der Waals surface area contributed by atoms with Gasteiger partial charge >= 0.3 is 0 Å². The van der Waals surface area contributed by atoms with Crippen molar-refractivity contribution >= 4 is 24.0 Å². The van der Waals surface area contributed by atoms with Gasteiger partial charge in [0.2, 0.25) is 5.91 Å². The predicted molar refractivity (Wildman–Crippen MR) is 112 cm³/mol. The number of carbonyl (C=O) groups excluding carboxylic acids is 1. The molecule has 1 unspecified atom stereocenters. The zero-order valence-electron chi connectivity index (χ0n) is 16.3. The summed E-state index contributed by atoms with van der Waals surface area (Å²) < 4.78 is 11.3. The summed E-state index contributed by atoms with van der Waals surface area (Å²) in [6, 6.07) is 11.8. The van der Waals surface area contributed by atoms with Crippen molar-refractivity contribution in [3.8, 4) is 11.5 Å². The number of nitrogens with two attached hydrogens (primary N) is 1. The number of anilines is 1. The first-order valence-electron chi connectivity index (χ1n) is 9.54. The Kier molecular flexibility index (Phi) is 5.75. The lowest BCUT2D eigenvalue weighted by atomic mass is 9.81. The minimum Gasteiger partial charge on any atom is -0.486 e. The van der Waals surface area contributed by atoms with Gasteiger partial charge in [-0.05, 0) is 74.1 Å². The number of halogens is 1. The fraction of sp³-hybridized carbons (Fsp3) is 0.409. The van der Waals surface area contributed by atoms with Crippen LogP contribution in [0.3, 0.4) is 0 Å². The number of carbonyl (C=O) groups is 1. The molecule has 6 heteroatoms. The van der Waals surface area contributed by atoms with Crippen LogP contribution in [0.4, 0.5) is 5.69 Å². The van der Waals surface area contributed by atoms with E-state index < -0.39 is 5.41 Å². The van der Waals surface area contributed by atoms with Crippen LogP contribution in [0.2, 0.25) is 0 Å². The van der Waals surface area contributed by atoms with Crippen LogP contribution >= 0.6 is 12.4 Å². The van der Waals surface area contributed by atoms with Crippen LogP contribution in [-0.2, 0) is 16.6 Å². The van der Waals surface area contributed by atoms with Gasteiger partial charge in [0, 0.05) is 5.69 Å². The van der Waals surface area contributed by atoms with E-state index in [1.165, 1.54) is 11.1 Å². The highest BCUT2D eigenvalue weighted by molar-refractivity contribution is 5.88. The molecule has 2 aromatic rings. The number of hydrogen-bond acceptors (Lipinski definition) is 4. The summed E-state index contributed by atoms with van der Waals surface area (Å²) in [5.41, 5.74) is 9.35. The topological polar surface area (TPSA) is 73.6 Å². The third kappa shape index (κ3) is 3.76. The Morgan fingerprint density at radius 1 is 1.11 bits per heavy atom. The van der Waals surface area contributed by atoms with Gasteiger partial charge in [-0.1, -0.05) is 12.1 Å². The summed E-state index contributed by atoms with van der Waals surface area (Å²) in [6.45, 7) is 4.98. The number of rotatable bonds is 3. The van der Waals surface area contributed by atoms with E-state index in [0.29, 0.717) is 19.0 Å². The fourth-order valence-corrected chi connectivity index (χ4v) is 3.89. The molecule has 0 aromatic heterocycles. The lowest BCUT2D eigenvalue weighted by Gasteiger charge is -2.32. The van der Waals surface area contributed by atoms with E-state index in [9.17, 15) is 4.79 Å². The van der Waals surface area contributed by atoms with Gasteiger partial charge in [-0.3, -0.25) is 4.79 Å². The Labute approximate surface area is 172 Å². The van der Waals surface area contributed by atoms with Crippen LogP contribution in [-0.4, -0.2) is 19.1 Å². The number of aryl methyl sites for hydroxylation is 1. The first-order valence-corrected chi connectivity index (χ1v) is 9.54. The molecular weight excluding hydrogens is 376 g/mol. The summed E-state index contributed by atoms with van der Waals surface area (Å²) >= 11 is 0. The second-order valence-electron chi connectivity index (χ2n) is 7.86. The van der Waals surface area contributed by atoms with E-state index in [1.807, 2.05) is 50.2 Å². The molecule has 0 fully saturated rings. The van der Waals surface area contributed by atoms with Gasteiger partial charge in [-0.2, -0.15) is 0 Å². The number of ether oxygens (including phenoxy) is 2. The summed E-state index contributed by atoms with van der Waals surface area (Å²) in [7, 11) is 0. The molecule has 28 heavy (non-hydrogen) atoms. The molecule has 150 valence electrons. The van der Waals surface area contributed by atoms with Crippen LogP contribution in [0.25, 0.3) is 0 Å². The van der Waals surface area contributed by atoms with Crippen LogP contribution in [0, 0.1) is 0 Å². The molecule has 0 radical (unpaired) electrons. The number of nitrogen functional groups attached to an aromatic ring is 1. The van der Waals surface area contributed by atoms with Gasteiger partial charge in [-0.15, -0.1) is 12.4 Å². The molecule has 1 atom stereocenters. The number of nitrogens with one attached hydrogen (secondary N) is 1. The van der Waals surface area contributed by atoms with Crippen LogP contribution in [0.15, 0.2) is 36.4 Å². The Bertz CT molecular complexity index is 882. The first kappa shape index (κ1) is 20.3. The maximum Gasteiger partial charge on any atom is 0.230 e. The molecule has 0 spiro atoms. The number of hydrogen-bond donors (Lipinski definition) is 2. The molecule has 0 saturated carbocycles. The van der Waals surface area contributed by atoms with E-state index in [-0.39, 0.29) is 24.4 Å². The smallest absolute Gasteiger partial charge is 0.230 e. The Morgan fingerprint density at radius 3 is 2.64 bits per heavy atom. The van der Waals surface area contributed by atoms with Gasteiger partial charge in [0.25, 0.3) is 0 Å². The Balaban J connectivity index is 0.00000225. The lowest BCUT2D eigenvalue weighted by Crippen LogP contribution is -2.42. The molecule has 1 aliphatic carbocycles. The average Bonchev–Trinajstić information content (AvgIpc) is 2.67. The van der Waals surface area contributed by atoms with Gasteiger partial charge < -0.3 is 20.5 Å². The zero-order valence-corrected chi connectivity index (χ0v) is 17.1. The van der Waals surface area contributed by atoms with Crippen molar-refractivity contribution in [1.29, 1.82) is 0 Å². The SMILES string of the molecule is CC(C)(C(=O)NC1CCCc2cc(N)ccc21)c1ccc2c(c1)OCCO2.Cl. The predicted octanol–water partition coefficient (Wildman–Crippen LogP) is 3.93. The molecule has 1 heterocycles. The van der Waals surface area contributed by atoms with Crippen molar-refractivity contribution in [3.05, 3.63) is 53.1 Å². The van der Waals surface area contributed by atoms with Gasteiger partial charge in [0.05, 0.1) is 11.5 Å². The molecule has 0 bridgehead atoms. The average molecular weight is 403 g/mol. The molecule has 4 rings (SSSR count). The number of benzene rings is 2. The summed E-state index contributed by atoms with van der Waals surface area (Å²) in [4.78, 5) is 13.2. The monoisotopic (exact) mass is 402 g/mol. The van der Waals surface area contributed by atoms with E-state index in [1.54, 1.807) is 0 Å². The van der Waals surface area contributed by atoms with E-state index in [4.69, 9.17) is 15.2 Å². The largest absolute Gasteiger partial charge is 0.486 e. The fourth-order valence-electron chi connectivity index (χ4n) is 3.89. The van der Waals surface area contributed by atoms with Crippen molar-refractivity contribution < 1.29 is 14.3 Å². The second kappa shape index (κ2) is 7.92. The highest BCUT2D eigenvalue weighted by Gasteiger charge is 2.33. The maximum atomic E-state index is 13.2. The van der Waals surface area contributed by atoms with Crippen LogP contribution < -0.4 is 20.5 Å². The molecule has 1 aliphatic heterocycles. The zero-order chi connectivity index (χ0) is 19.0. The number of fused-ring (bicyclic) bond motifs is 2. The van der Waals surface area contributed by atoms with Gasteiger partial charge in [0.1, 0.15) is 13.2 Å². The van der Waals surface area contributed by atoms with Crippen LogP contribution in [0.1, 0.15) is 49.4 Å². The molecule has 5 nitrogen and oxygen atoms in total. The van der Waals surface area contributed by atoms with Crippen molar-refractivity contribution in [1.82, 2.24) is 5.32 Å². The van der Waals surface area contributed by atoms with Crippen molar-refractivity contribution in [2.45, 2.75) is 44.6 Å². The summed E-state index contributed by atoms with van der Waals surface area (Å²) in [6.07, 6.45) is 3.00. The van der Waals surface area contributed by atoms with E-state index in [2.05, 4.69) is 5.32 Å². The second-order valence-corrected chi connectivity index (χ2v) is 7.86. The van der Waals surface area contributed by atoms with Crippen molar-refractivity contribution in [2.75, 3.05) is 18.9 Å². The van der Waals surface area contributed by atoms with Gasteiger partial charge in [-0.25, -0.2) is 0 Å².